The summed E-state index contributed by atoms with van der Waals surface area (Å²) >= 11 is 6.97. The zero-order valence-electron chi connectivity index (χ0n) is 25.5. The minimum atomic E-state index is -0.349. The fourth-order valence-electron chi connectivity index (χ4n) is 5.29. The summed E-state index contributed by atoms with van der Waals surface area (Å²) in [7, 11) is 3.36. The summed E-state index contributed by atoms with van der Waals surface area (Å²) in [4.78, 5) is 38.3. The van der Waals surface area contributed by atoms with Crippen LogP contribution in [0.4, 0.5) is 5.69 Å². The van der Waals surface area contributed by atoms with Crippen molar-refractivity contribution in [2.24, 2.45) is 7.05 Å². The molecule has 1 aliphatic rings. The van der Waals surface area contributed by atoms with Crippen molar-refractivity contribution in [1.29, 1.82) is 0 Å². The molecule has 1 atom stereocenters. The molecule has 0 bridgehead atoms. The Balaban J connectivity index is 1.34. The van der Waals surface area contributed by atoms with Gasteiger partial charge in [-0.15, -0.1) is 0 Å². The van der Waals surface area contributed by atoms with Crippen molar-refractivity contribution in [2.75, 3.05) is 32.1 Å². The van der Waals surface area contributed by atoms with Crippen molar-refractivity contribution in [1.82, 2.24) is 35.5 Å². The van der Waals surface area contributed by atoms with Gasteiger partial charge in [-0.25, -0.2) is 9.97 Å². The number of hydrogen-bond acceptors (Lipinski definition) is 9. The van der Waals surface area contributed by atoms with Gasteiger partial charge in [0.2, 0.25) is 11.8 Å². The molecule has 45 heavy (non-hydrogen) atoms. The Labute approximate surface area is 266 Å². The average molecular weight is 633 g/mol. The number of imidazole rings is 1. The van der Waals surface area contributed by atoms with Gasteiger partial charge in [-0.05, 0) is 37.1 Å². The van der Waals surface area contributed by atoms with E-state index in [2.05, 4.69) is 31.2 Å². The number of aliphatic hydroxyl groups excluding tert-OH is 1. The number of nitrogens with one attached hydrogen (secondary N) is 4. The van der Waals surface area contributed by atoms with Gasteiger partial charge in [-0.3, -0.25) is 14.6 Å². The fourth-order valence-corrected chi connectivity index (χ4v) is 5.60. The highest BCUT2D eigenvalue weighted by Crippen LogP contribution is 2.38. The van der Waals surface area contributed by atoms with E-state index in [0.29, 0.717) is 66.1 Å². The van der Waals surface area contributed by atoms with Crippen molar-refractivity contribution in [3.8, 4) is 28.4 Å². The number of amides is 2. The number of pyridine rings is 2. The second-order valence-electron chi connectivity index (χ2n) is 10.8. The minimum Gasteiger partial charge on any atom is -0.481 e. The lowest BCUT2D eigenvalue weighted by atomic mass is 10.0. The van der Waals surface area contributed by atoms with Gasteiger partial charge in [0.15, 0.2) is 5.82 Å². The maximum atomic E-state index is 13.2. The molecule has 4 heterocycles. The third kappa shape index (κ3) is 7.31. The molecule has 5 rings (SSSR count). The van der Waals surface area contributed by atoms with Crippen LogP contribution in [-0.2, 0) is 24.9 Å². The van der Waals surface area contributed by atoms with Crippen LogP contribution >= 0.6 is 11.6 Å². The number of methoxy groups -OCH3 is 1. The Morgan fingerprint density at radius 3 is 2.76 bits per heavy atom. The second kappa shape index (κ2) is 14.6. The lowest BCUT2D eigenvalue weighted by molar-refractivity contribution is -0.119. The standard InChI is InChI=1S/C32H37ClN8O4/c1-19-23(5-4-6-25(19)39-31(44)30-37-18-22(41(30)2)17-34-13-14-42)29-28(33)24(11-12-36-29)26-9-7-20(32(40-26)45-3)15-35-16-21-8-10-27(43)38-21/h4-7,9,11-12,18,21,34-35,42H,8,10,13-17H2,1-3H3,(H,38,43)(H,39,44)/t21-/m1/s1. The predicted octanol–water partition coefficient (Wildman–Crippen LogP) is 3.22. The molecule has 0 aliphatic carbocycles. The number of nitrogens with zero attached hydrogens (tertiary/aromatic N) is 4. The number of benzene rings is 1. The van der Waals surface area contributed by atoms with Crippen LogP contribution in [0.2, 0.25) is 5.02 Å². The van der Waals surface area contributed by atoms with E-state index >= 15 is 0 Å². The maximum absolute atomic E-state index is 13.2. The lowest BCUT2D eigenvalue weighted by Gasteiger charge is -2.16. The normalized spacial score (nSPS) is 14.4. The number of carbonyl (C=O) groups excluding carboxylic acids is 2. The average Bonchev–Trinajstić information content (AvgIpc) is 3.63. The van der Waals surface area contributed by atoms with E-state index in [4.69, 9.17) is 26.4 Å². The summed E-state index contributed by atoms with van der Waals surface area (Å²) in [6.45, 7) is 4.07. The third-order valence-corrected chi connectivity index (χ3v) is 8.19. The molecule has 13 heteroatoms. The largest absolute Gasteiger partial charge is 0.481 e. The molecular formula is C32H37ClN8O4. The molecule has 2 amide bonds. The molecule has 5 N–H and O–H groups in total. The van der Waals surface area contributed by atoms with Crippen molar-refractivity contribution >= 4 is 29.1 Å². The van der Waals surface area contributed by atoms with Crippen molar-refractivity contribution in [3.63, 3.8) is 0 Å². The van der Waals surface area contributed by atoms with Gasteiger partial charge in [0, 0.05) is 74.3 Å². The van der Waals surface area contributed by atoms with Crippen LogP contribution in [0.1, 0.15) is 40.3 Å². The Bertz CT molecular complexity index is 1690. The van der Waals surface area contributed by atoms with Crippen LogP contribution in [0.25, 0.3) is 22.5 Å². The highest BCUT2D eigenvalue weighted by Gasteiger charge is 2.21. The predicted molar refractivity (Wildman–Crippen MR) is 172 cm³/mol. The summed E-state index contributed by atoms with van der Waals surface area (Å²) < 4.78 is 7.32. The zero-order valence-corrected chi connectivity index (χ0v) is 26.2. The van der Waals surface area contributed by atoms with E-state index in [1.807, 2.05) is 43.3 Å². The van der Waals surface area contributed by atoms with Crippen molar-refractivity contribution in [2.45, 2.75) is 38.9 Å². The van der Waals surface area contributed by atoms with Crippen LogP contribution in [0.15, 0.2) is 48.8 Å². The van der Waals surface area contributed by atoms with Crippen LogP contribution in [0.3, 0.4) is 0 Å². The monoisotopic (exact) mass is 632 g/mol. The topological polar surface area (TPSA) is 155 Å². The summed E-state index contributed by atoms with van der Waals surface area (Å²) in [6.07, 6.45) is 4.71. The molecule has 1 aliphatic heterocycles. The fraction of sp³-hybridized carbons (Fsp3) is 0.344. The van der Waals surface area contributed by atoms with Gasteiger partial charge in [-0.1, -0.05) is 29.8 Å². The molecule has 0 saturated carbocycles. The number of halogens is 1. The molecular weight excluding hydrogens is 596 g/mol. The molecule has 1 aromatic carbocycles. The Morgan fingerprint density at radius 2 is 2.00 bits per heavy atom. The first kappa shape index (κ1) is 32.0. The summed E-state index contributed by atoms with van der Waals surface area (Å²) in [5.41, 5.74) is 5.75. The number of carbonyl (C=O) groups is 2. The number of hydrogen-bond donors (Lipinski definition) is 5. The van der Waals surface area contributed by atoms with Gasteiger partial charge in [-0.2, -0.15) is 0 Å². The van der Waals surface area contributed by atoms with E-state index in [0.717, 1.165) is 28.8 Å². The Hall–Kier alpha value is -4.36. The molecule has 1 saturated heterocycles. The second-order valence-corrected chi connectivity index (χ2v) is 11.2. The number of rotatable bonds is 13. The Kier molecular flexibility index (Phi) is 10.4. The van der Waals surface area contributed by atoms with Crippen LogP contribution < -0.4 is 26.0 Å². The van der Waals surface area contributed by atoms with E-state index in [1.54, 1.807) is 31.1 Å². The highest BCUT2D eigenvalue weighted by molar-refractivity contribution is 6.35. The molecule has 0 radical (unpaired) electrons. The Morgan fingerprint density at radius 1 is 1.16 bits per heavy atom. The van der Waals surface area contributed by atoms with E-state index < -0.39 is 0 Å². The number of aliphatic hydroxyl groups is 1. The van der Waals surface area contributed by atoms with Gasteiger partial charge in [0.25, 0.3) is 5.91 Å². The first-order valence-electron chi connectivity index (χ1n) is 14.7. The first-order chi connectivity index (χ1) is 21.8. The molecule has 12 nitrogen and oxygen atoms in total. The van der Waals surface area contributed by atoms with Crippen LogP contribution in [0.5, 0.6) is 5.88 Å². The minimum absolute atomic E-state index is 0.0292. The highest BCUT2D eigenvalue weighted by atomic mass is 35.5. The molecule has 0 spiro atoms. The molecule has 1 fully saturated rings. The summed E-state index contributed by atoms with van der Waals surface area (Å²) in [6, 6.07) is 11.4. The molecule has 3 aromatic heterocycles. The van der Waals surface area contributed by atoms with Crippen LogP contribution in [-0.4, -0.2) is 69.3 Å². The quantitative estimate of drug-likeness (QED) is 0.140. The maximum Gasteiger partial charge on any atom is 0.291 e. The van der Waals surface area contributed by atoms with Crippen molar-refractivity contribution < 1.29 is 19.4 Å². The molecule has 0 unspecified atom stereocenters. The number of aromatic nitrogens is 4. The van der Waals surface area contributed by atoms with Gasteiger partial charge < -0.3 is 35.7 Å². The molecule has 4 aromatic rings. The number of ether oxygens (including phenoxy) is 1. The number of anilines is 1. The third-order valence-electron chi connectivity index (χ3n) is 7.81. The van der Waals surface area contributed by atoms with E-state index in [-0.39, 0.29) is 30.3 Å². The SMILES string of the molecule is COc1nc(-c2ccnc(-c3cccc(NC(=O)c4ncc(CNCCO)n4C)c3C)c2Cl)ccc1CNC[C@H]1CCC(=O)N1. The zero-order chi connectivity index (χ0) is 31.9. The van der Waals surface area contributed by atoms with E-state index in [1.165, 1.54) is 0 Å². The lowest BCUT2D eigenvalue weighted by Crippen LogP contribution is -2.35. The van der Waals surface area contributed by atoms with Gasteiger partial charge >= 0.3 is 0 Å². The first-order valence-corrected chi connectivity index (χ1v) is 15.1. The van der Waals surface area contributed by atoms with Gasteiger partial charge in [0.05, 0.1) is 42.0 Å². The van der Waals surface area contributed by atoms with Crippen molar-refractivity contribution in [3.05, 3.63) is 76.5 Å². The van der Waals surface area contributed by atoms with E-state index in [9.17, 15) is 9.59 Å². The van der Waals surface area contributed by atoms with Crippen LogP contribution in [0, 0.1) is 6.92 Å². The molecule has 236 valence electrons. The van der Waals surface area contributed by atoms with Gasteiger partial charge in [0.1, 0.15) is 0 Å². The summed E-state index contributed by atoms with van der Waals surface area (Å²) in [5, 5.41) is 21.8. The smallest absolute Gasteiger partial charge is 0.291 e. The summed E-state index contributed by atoms with van der Waals surface area (Å²) in [5.74, 6) is 0.487.